The van der Waals surface area contributed by atoms with E-state index in [0.717, 1.165) is 48.9 Å². The second-order valence-corrected chi connectivity index (χ2v) is 8.96. The number of nitrogens with one attached hydrogen (secondary N) is 1. The maximum absolute atomic E-state index is 13.7. The summed E-state index contributed by atoms with van der Waals surface area (Å²) in [4.78, 5) is 29.1. The molecule has 1 aliphatic rings. The molecule has 0 aliphatic heterocycles. The van der Waals surface area contributed by atoms with Gasteiger partial charge in [0.15, 0.2) is 10.9 Å². The number of aryl methyl sites for hydroxylation is 2. The minimum absolute atomic E-state index is 0.0217. The Labute approximate surface area is 184 Å². The fourth-order valence-electron chi connectivity index (χ4n) is 3.82. The van der Waals surface area contributed by atoms with Crippen LogP contribution >= 0.6 is 11.3 Å². The molecule has 0 atom stereocenters. The zero-order valence-electron chi connectivity index (χ0n) is 17.6. The first-order valence-electron chi connectivity index (χ1n) is 10.3. The number of hydrogen-bond donors (Lipinski definition) is 2. The van der Waals surface area contributed by atoms with Crippen molar-refractivity contribution in [3.8, 4) is 11.3 Å². The van der Waals surface area contributed by atoms with Crippen molar-refractivity contribution in [3.63, 3.8) is 0 Å². The zero-order valence-corrected chi connectivity index (χ0v) is 18.4. The summed E-state index contributed by atoms with van der Waals surface area (Å²) in [6, 6.07) is 4.44. The quantitative estimate of drug-likeness (QED) is 0.573. The highest BCUT2D eigenvalue weighted by Crippen LogP contribution is 2.33. The summed E-state index contributed by atoms with van der Waals surface area (Å²) >= 11 is 1.44. The molecule has 3 aromatic heterocycles. The van der Waals surface area contributed by atoms with E-state index in [1.54, 1.807) is 17.0 Å². The number of aromatic nitrogens is 3. The van der Waals surface area contributed by atoms with Crippen LogP contribution in [-0.4, -0.2) is 27.0 Å². The third kappa shape index (κ3) is 4.66. The summed E-state index contributed by atoms with van der Waals surface area (Å²) in [7, 11) is 0. The normalized spacial score (nSPS) is 14.4. The molecule has 2 amide bonds. The zero-order chi connectivity index (χ0) is 22.0. The van der Waals surface area contributed by atoms with E-state index in [2.05, 4.69) is 20.3 Å². The summed E-state index contributed by atoms with van der Waals surface area (Å²) in [6.07, 6.45) is 7.65. The fraction of sp³-hybridized carbons (Fsp3) is 0.364. The van der Waals surface area contributed by atoms with Crippen LogP contribution in [0.3, 0.4) is 0 Å². The van der Waals surface area contributed by atoms with Crippen LogP contribution in [-0.2, 0) is 0 Å². The van der Waals surface area contributed by atoms with Gasteiger partial charge in [-0.2, -0.15) is 0 Å². The van der Waals surface area contributed by atoms with Gasteiger partial charge in [0, 0.05) is 22.7 Å². The lowest BCUT2D eigenvalue weighted by molar-refractivity contribution is 0.252. The highest BCUT2D eigenvalue weighted by Gasteiger charge is 2.30. The van der Waals surface area contributed by atoms with Crippen LogP contribution in [0.15, 0.2) is 30.6 Å². The second-order valence-electron chi connectivity index (χ2n) is 7.75. The third-order valence-electron chi connectivity index (χ3n) is 5.54. The first kappa shape index (κ1) is 21.2. The Balaban J connectivity index is 1.72. The van der Waals surface area contributed by atoms with E-state index >= 15 is 0 Å². The van der Waals surface area contributed by atoms with Gasteiger partial charge in [0.05, 0.1) is 23.3 Å². The predicted octanol–water partition coefficient (Wildman–Crippen LogP) is 5.31. The molecular formula is C22H25FN6OS. The van der Waals surface area contributed by atoms with Gasteiger partial charge in [-0.25, -0.2) is 19.2 Å². The Morgan fingerprint density at radius 2 is 1.97 bits per heavy atom. The van der Waals surface area contributed by atoms with E-state index in [9.17, 15) is 9.18 Å². The molecule has 9 heteroatoms. The molecule has 3 aromatic rings. The van der Waals surface area contributed by atoms with Gasteiger partial charge in [0.2, 0.25) is 0 Å². The first-order chi connectivity index (χ1) is 14.9. The summed E-state index contributed by atoms with van der Waals surface area (Å²) < 4.78 is 13.7. The number of amides is 2. The molecule has 0 unspecified atom stereocenters. The standard InChI is InChI=1S/C22H25FN6OS/c1-13-14(2)31-21(26-13)28-22(30)29(17-6-4-3-5-7-17)20-18(24)8-9-19(27-20)15-10-16(23)12-25-11-15/h8-12,17H,3-7,24H2,1-2H3,(H,26,28,30). The van der Waals surface area contributed by atoms with Gasteiger partial charge in [-0.1, -0.05) is 19.3 Å². The highest BCUT2D eigenvalue weighted by atomic mass is 32.1. The molecule has 1 aliphatic carbocycles. The number of thiazole rings is 1. The van der Waals surface area contributed by atoms with Crippen LogP contribution in [0.4, 0.5) is 25.8 Å². The molecule has 31 heavy (non-hydrogen) atoms. The van der Waals surface area contributed by atoms with E-state index in [4.69, 9.17) is 5.73 Å². The van der Waals surface area contributed by atoms with Gasteiger partial charge in [-0.05, 0) is 44.9 Å². The van der Waals surface area contributed by atoms with Crippen LogP contribution in [0.25, 0.3) is 11.3 Å². The maximum Gasteiger partial charge on any atom is 0.329 e. The molecule has 0 bridgehead atoms. The Kier molecular flexibility index (Phi) is 6.13. The number of urea groups is 1. The van der Waals surface area contributed by atoms with E-state index < -0.39 is 5.82 Å². The number of rotatable bonds is 4. The Morgan fingerprint density at radius 1 is 1.19 bits per heavy atom. The number of hydrogen-bond acceptors (Lipinski definition) is 6. The number of pyridine rings is 2. The van der Waals surface area contributed by atoms with E-state index in [0.29, 0.717) is 27.9 Å². The molecule has 4 rings (SSSR count). The number of nitrogens with zero attached hydrogens (tertiary/aromatic N) is 4. The van der Waals surface area contributed by atoms with Crippen LogP contribution in [0.2, 0.25) is 0 Å². The van der Waals surface area contributed by atoms with Crippen molar-refractivity contribution >= 4 is 34.0 Å². The largest absolute Gasteiger partial charge is 0.396 e. The predicted molar refractivity (Wildman–Crippen MR) is 122 cm³/mol. The average molecular weight is 441 g/mol. The van der Waals surface area contributed by atoms with Crippen molar-refractivity contribution in [2.75, 3.05) is 16.0 Å². The number of anilines is 3. The van der Waals surface area contributed by atoms with Crippen molar-refractivity contribution < 1.29 is 9.18 Å². The molecular weight excluding hydrogens is 415 g/mol. The Hall–Kier alpha value is -3.07. The summed E-state index contributed by atoms with van der Waals surface area (Å²) in [5.74, 6) is -0.0785. The second kappa shape index (κ2) is 8.97. The van der Waals surface area contributed by atoms with Gasteiger partial charge in [-0.3, -0.25) is 15.2 Å². The summed E-state index contributed by atoms with van der Waals surface area (Å²) in [5.41, 5.74) is 8.59. The minimum atomic E-state index is -0.450. The molecule has 0 aromatic carbocycles. The van der Waals surface area contributed by atoms with Crippen molar-refractivity contribution in [3.05, 3.63) is 47.0 Å². The van der Waals surface area contributed by atoms with Gasteiger partial charge >= 0.3 is 6.03 Å². The van der Waals surface area contributed by atoms with Crippen molar-refractivity contribution in [1.29, 1.82) is 0 Å². The van der Waals surface area contributed by atoms with Gasteiger partial charge in [0.1, 0.15) is 5.82 Å². The molecule has 3 heterocycles. The molecule has 0 spiro atoms. The number of nitrogens with two attached hydrogens (primary N) is 1. The number of halogens is 1. The van der Waals surface area contributed by atoms with Crippen LogP contribution in [0, 0.1) is 19.7 Å². The molecule has 3 N–H and O–H groups in total. The Morgan fingerprint density at radius 3 is 2.65 bits per heavy atom. The Bertz CT molecular complexity index is 1080. The number of carbonyl (C=O) groups excluding carboxylic acids is 1. The van der Waals surface area contributed by atoms with Crippen molar-refractivity contribution in [2.24, 2.45) is 0 Å². The molecule has 0 saturated heterocycles. The lowest BCUT2D eigenvalue weighted by atomic mass is 9.94. The van der Waals surface area contributed by atoms with Crippen LogP contribution in [0.5, 0.6) is 0 Å². The molecule has 1 saturated carbocycles. The van der Waals surface area contributed by atoms with Gasteiger partial charge in [-0.15, -0.1) is 11.3 Å². The smallest absolute Gasteiger partial charge is 0.329 e. The monoisotopic (exact) mass is 440 g/mol. The molecule has 7 nitrogen and oxygen atoms in total. The van der Waals surface area contributed by atoms with Gasteiger partial charge < -0.3 is 5.73 Å². The molecule has 1 fully saturated rings. The van der Waals surface area contributed by atoms with Crippen LogP contribution in [0.1, 0.15) is 42.7 Å². The van der Waals surface area contributed by atoms with Crippen molar-refractivity contribution in [1.82, 2.24) is 15.0 Å². The van der Waals surface area contributed by atoms with E-state index in [-0.39, 0.29) is 12.1 Å². The third-order valence-corrected chi connectivity index (χ3v) is 6.52. The van der Waals surface area contributed by atoms with E-state index in [1.807, 2.05) is 13.8 Å². The topological polar surface area (TPSA) is 97.0 Å². The summed E-state index contributed by atoms with van der Waals surface area (Å²) in [5, 5.41) is 3.47. The lowest BCUT2D eigenvalue weighted by Crippen LogP contribution is -2.45. The van der Waals surface area contributed by atoms with Gasteiger partial charge in [0.25, 0.3) is 0 Å². The summed E-state index contributed by atoms with van der Waals surface area (Å²) in [6.45, 7) is 3.88. The average Bonchev–Trinajstić information content (AvgIpc) is 3.07. The lowest BCUT2D eigenvalue weighted by Gasteiger charge is -2.34. The molecule has 0 radical (unpaired) electrons. The first-order valence-corrected chi connectivity index (χ1v) is 11.2. The maximum atomic E-state index is 13.7. The number of carbonyl (C=O) groups is 1. The van der Waals surface area contributed by atoms with E-state index in [1.165, 1.54) is 23.6 Å². The minimum Gasteiger partial charge on any atom is -0.396 e. The molecule has 162 valence electrons. The number of nitrogen functional groups attached to an aromatic ring is 1. The highest BCUT2D eigenvalue weighted by molar-refractivity contribution is 7.15. The van der Waals surface area contributed by atoms with Crippen LogP contribution < -0.4 is 16.0 Å². The SMILES string of the molecule is Cc1nc(NC(=O)N(c2nc(-c3cncc(F)c3)ccc2N)C2CCCCC2)sc1C. The van der Waals surface area contributed by atoms with Crippen molar-refractivity contribution in [2.45, 2.75) is 52.0 Å². The fourth-order valence-corrected chi connectivity index (χ4v) is 4.62.